The minimum absolute atomic E-state index is 0.636. The molecule has 2 N–H and O–H groups in total. The van der Waals surface area contributed by atoms with Gasteiger partial charge in [-0.3, -0.25) is 4.90 Å². The van der Waals surface area contributed by atoms with Crippen molar-refractivity contribution in [2.24, 2.45) is 5.73 Å². The molecule has 0 spiro atoms. The van der Waals surface area contributed by atoms with Crippen molar-refractivity contribution in [3.63, 3.8) is 0 Å². The lowest BCUT2D eigenvalue weighted by molar-refractivity contribution is 0.270. The number of benzene rings is 1. The molecule has 22 heavy (non-hydrogen) atoms. The van der Waals surface area contributed by atoms with Crippen molar-refractivity contribution in [2.45, 2.75) is 19.9 Å². The summed E-state index contributed by atoms with van der Waals surface area (Å²) in [7, 11) is 0. The summed E-state index contributed by atoms with van der Waals surface area (Å²) in [5.74, 6) is 0.691. The normalized spacial score (nSPS) is 10.9. The molecule has 2 rings (SSSR count). The third-order valence-electron chi connectivity index (χ3n) is 3.46. The Morgan fingerprint density at radius 2 is 1.86 bits per heavy atom. The number of hydrogen-bond acceptors (Lipinski definition) is 4. The second-order valence-corrected chi connectivity index (χ2v) is 5.20. The summed E-state index contributed by atoms with van der Waals surface area (Å²) >= 11 is 0. The molecule has 4 nitrogen and oxygen atoms in total. The van der Waals surface area contributed by atoms with Crippen molar-refractivity contribution in [2.75, 3.05) is 26.2 Å². The fourth-order valence-electron chi connectivity index (χ4n) is 2.39. The smallest absolute Gasteiger partial charge is 0.213 e. The topological polar surface area (TPSA) is 51.4 Å². The monoisotopic (exact) mass is 299 g/mol. The summed E-state index contributed by atoms with van der Waals surface area (Å²) in [6.45, 7) is 5.89. The summed E-state index contributed by atoms with van der Waals surface area (Å²) in [5, 5.41) is 0. The first-order valence-electron chi connectivity index (χ1n) is 7.87. The van der Waals surface area contributed by atoms with E-state index in [4.69, 9.17) is 10.5 Å². The molecule has 0 unspecified atom stereocenters. The van der Waals surface area contributed by atoms with Crippen LogP contribution in [0.1, 0.15) is 18.2 Å². The van der Waals surface area contributed by atoms with Gasteiger partial charge in [-0.2, -0.15) is 0 Å². The fraction of sp³-hybridized carbons (Fsp3) is 0.389. The standard InChI is InChI=1S/C18H25N3O/c1-2-22-18-10-6-9-17(20-18)15-21(14-12-19)13-11-16-7-4-3-5-8-16/h3-10H,2,11-15,19H2,1H3. The minimum Gasteiger partial charge on any atom is -0.478 e. The van der Waals surface area contributed by atoms with Crippen LogP contribution >= 0.6 is 0 Å². The van der Waals surface area contributed by atoms with E-state index in [1.165, 1.54) is 5.56 Å². The molecule has 1 aromatic carbocycles. The van der Waals surface area contributed by atoms with Gasteiger partial charge in [-0.15, -0.1) is 0 Å². The molecule has 0 aliphatic carbocycles. The van der Waals surface area contributed by atoms with Gasteiger partial charge in [0.15, 0.2) is 0 Å². The molecule has 0 bridgehead atoms. The van der Waals surface area contributed by atoms with Crippen LogP contribution in [0.2, 0.25) is 0 Å². The Hall–Kier alpha value is -1.91. The van der Waals surface area contributed by atoms with E-state index in [-0.39, 0.29) is 0 Å². The maximum atomic E-state index is 5.74. The van der Waals surface area contributed by atoms with Gasteiger partial charge in [0.2, 0.25) is 5.88 Å². The Kier molecular flexibility index (Phi) is 6.87. The average molecular weight is 299 g/mol. The van der Waals surface area contributed by atoms with E-state index in [9.17, 15) is 0 Å². The summed E-state index contributed by atoms with van der Waals surface area (Å²) in [6.07, 6.45) is 1.02. The van der Waals surface area contributed by atoms with Gasteiger partial charge >= 0.3 is 0 Å². The van der Waals surface area contributed by atoms with E-state index < -0.39 is 0 Å². The SMILES string of the molecule is CCOc1cccc(CN(CCN)CCc2ccccc2)n1. The number of ether oxygens (including phenoxy) is 1. The first kappa shape index (κ1) is 16.5. The van der Waals surface area contributed by atoms with Crippen LogP contribution in [-0.2, 0) is 13.0 Å². The Bertz CT molecular complexity index is 545. The molecule has 0 radical (unpaired) electrons. The zero-order valence-corrected chi connectivity index (χ0v) is 13.2. The number of pyridine rings is 1. The van der Waals surface area contributed by atoms with Crippen molar-refractivity contribution in [1.82, 2.24) is 9.88 Å². The first-order chi connectivity index (χ1) is 10.8. The molecule has 1 heterocycles. The van der Waals surface area contributed by atoms with Crippen LogP contribution in [0.15, 0.2) is 48.5 Å². The van der Waals surface area contributed by atoms with Gasteiger partial charge in [0.1, 0.15) is 0 Å². The number of hydrogen-bond donors (Lipinski definition) is 1. The quantitative estimate of drug-likeness (QED) is 0.773. The summed E-state index contributed by atoms with van der Waals surface area (Å²) in [6, 6.07) is 16.4. The number of nitrogens with two attached hydrogens (primary N) is 1. The van der Waals surface area contributed by atoms with E-state index >= 15 is 0 Å². The fourth-order valence-corrected chi connectivity index (χ4v) is 2.39. The average Bonchev–Trinajstić information content (AvgIpc) is 2.54. The van der Waals surface area contributed by atoms with E-state index in [1.54, 1.807) is 0 Å². The molecule has 0 saturated carbocycles. The molecular formula is C18H25N3O. The van der Waals surface area contributed by atoms with Crippen molar-refractivity contribution >= 4 is 0 Å². The van der Waals surface area contributed by atoms with Gasteiger partial charge in [-0.25, -0.2) is 4.98 Å². The molecule has 0 atom stereocenters. The Balaban J connectivity index is 1.94. The zero-order valence-electron chi connectivity index (χ0n) is 13.2. The molecule has 0 aliphatic rings. The van der Waals surface area contributed by atoms with Gasteiger partial charge in [0.25, 0.3) is 0 Å². The molecule has 0 amide bonds. The third kappa shape index (κ3) is 5.47. The van der Waals surface area contributed by atoms with Crippen molar-refractivity contribution in [3.8, 4) is 5.88 Å². The highest BCUT2D eigenvalue weighted by atomic mass is 16.5. The van der Waals surface area contributed by atoms with E-state index in [0.29, 0.717) is 19.0 Å². The molecule has 0 saturated heterocycles. The van der Waals surface area contributed by atoms with E-state index in [1.807, 2.05) is 31.2 Å². The largest absolute Gasteiger partial charge is 0.478 e. The Morgan fingerprint density at radius 1 is 1.05 bits per heavy atom. The van der Waals surface area contributed by atoms with Crippen LogP contribution in [0.25, 0.3) is 0 Å². The summed E-state index contributed by atoms with van der Waals surface area (Å²) in [5.41, 5.74) is 8.11. The minimum atomic E-state index is 0.636. The predicted octanol–water partition coefficient (Wildman–Crippen LogP) is 2.48. The summed E-state index contributed by atoms with van der Waals surface area (Å²) < 4.78 is 5.46. The molecule has 0 fully saturated rings. The van der Waals surface area contributed by atoms with Crippen LogP contribution < -0.4 is 10.5 Å². The van der Waals surface area contributed by atoms with Crippen molar-refractivity contribution < 1.29 is 4.74 Å². The summed E-state index contributed by atoms with van der Waals surface area (Å²) in [4.78, 5) is 6.87. The van der Waals surface area contributed by atoms with Crippen LogP contribution in [0.3, 0.4) is 0 Å². The highest BCUT2D eigenvalue weighted by molar-refractivity contribution is 5.16. The highest BCUT2D eigenvalue weighted by Gasteiger charge is 2.07. The zero-order chi connectivity index (χ0) is 15.6. The van der Waals surface area contributed by atoms with Crippen LogP contribution in [0.5, 0.6) is 5.88 Å². The molecule has 1 aromatic heterocycles. The number of rotatable bonds is 9. The van der Waals surface area contributed by atoms with Crippen molar-refractivity contribution in [1.29, 1.82) is 0 Å². The van der Waals surface area contributed by atoms with Gasteiger partial charge in [0, 0.05) is 32.2 Å². The lowest BCUT2D eigenvalue weighted by Crippen LogP contribution is -2.31. The molecule has 2 aromatic rings. The van der Waals surface area contributed by atoms with Crippen molar-refractivity contribution in [3.05, 3.63) is 59.8 Å². The number of aromatic nitrogens is 1. The molecule has 4 heteroatoms. The maximum Gasteiger partial charge on any atom is 0.213 e. The van der Waals surface area contributed by atoms with Gasteiger partial charge < -0.3 is 10.5 Å². The third-order valence-corrected chi connectivity index (χ3v) is 3.46. The lowest BCUT2D eigenvalue weighted by Gasteiger charge is -2.21. The predicted molar refractivity (Wildman–Crippen MR) is 89.9 cm³/mol. The Morgan fingerprint density at radius 3 is 2.59 bits per heavy atom. The second-order valence-electron chi connectivity index (χ2n) is 5.20. The molecular weight excluding hydrogens is 274 g/mol. The maximum absolute atomic E-state index is 5.74. The van der Waals surface area contributed by atoms with Gasteiger partial charge in [-0.1, -0.05) is 36.4 Å². The van der Waals surface area contributed by atoms with E-state index in [0.717, 1.165) is 31.7 Å². The first-order valence-corrected chi connectivity index (χ1v) is 7.87. The molecule has 118 valence electrons. The van der Waals surface area contributed by atoms with Crippen LogP contribution in [0, 0.1) is 0 Å². The van der Waals surface area contributed by atoms with E-state index in [2.05, 4.69) is 34.1 Å². The van der Waals surface area contributed by atoms with Crippen LogP contribution in [-0.4, -0.2) is 36.1 Å². The second kappa shape index (κ2) is 9.18. The lowest BCUT2D eigenvalue weighted by atomic mass is 10.1. The number of nitrogens with zero attached hydrogens (tertiary/aromatic N) is 2. The Labute approximate surface area is 132 Å². The highest BCUT2D eigenvalue weighted by Crippen LogP contribution is 2.10. The van der Waals surface area contributed by atoms with Gasteiger partial charge in [-0.05, 0) is 25.0 Å². The van der Waals surface area contributed by atoms with Crippen LogP contribution in [0.4, 0.5) is 0 Å². The van der Waals surface area contributed by atoms with Gasteiger partial charge in [0.05, 0.1) is 12.3 Å². The molecule has 0 aliphatic heterocycles.